The van der Waals surface area contributed by atoms with Gasteiger partial charge in [0.2, 0.25) is 5.28 Å². The molecule has 0 atom stereocenters. The Morgan fingerprint density at radius 2 is 2.05 bits per heavy atom. The lowest BCUT2D eigenvalue weighted by molar-refractivity contribution is 0.0975. The normalized spacial score (nSPS) is 11.6. The van der Waals surface area contributed by atoms with Gasteiger partial charge >= 0.3 is 0 Å². The molecule has 10 heteroatoms. The van der Waals surface area contributed by atoms with Crippen molar-refractivity contribution < 1.29 is 13.2 Å². The fraction of sp³-hybridized carbons (Fsp3) is 0.300. The Bertz CT molecular complexity index is 757. The summed E-state index contributed by atoms with van der Waals surface area (Å²) in [4.78, 5) is 15.5. The van der Waals surface area contributed by atoms with Gasteiger partial charge in [0.25, 0.3) is 15.9 Å². The molecule has 0 unspecified atom stereocenters. The molecular formula is C10H12ClN5O3S. The number of sulfonamides is 1. The number of nitrogens with zero attached hydrogens (tertiary/aromatic N) is 4. The maximum Gasteiger partial charge on any atom is 0.285 e. The molecular weight excluding hydrogens is 306 g/mol. The van der Waals surface area contributed by atoms with Gasteiger partial charge in [-0.15, -0.1) is 0 Å². The minimum Gasteiger partial charge on any atom is -0.307 e. The van der Waals surface area contributed by atoms with E-state index in [0.717, 1.165) is 16.5 Å². The van der Waals surface area contributed by atoms with Crippen LogP contribution in [0.25, 0.3) is 0 Å². The van der Waals surface area contributed by atoms with Crippen molar-refractivity contribution in [3.8, 4) is 0 Å². The number of carbonyl (C=O) groups excluding carboxylic acids is 1. The number of carbonyl (C=O) groups is 1. The highest BCUT2D eigenvalue weighted by molar-refractivity contribution is 7.90. The quantitative estimate of drug-likeness (QED) is 0.874. The predicted molar refractivity (Wildman–Crippen MR) is 70.8 cm³/mol. The van der Waals surface area contributed by atoms with Crippen LogP contribution in [0.3, 0.4) is 0 Å². The molecule has 2 aromatic rings. The van der Waals surface area contributed by atoms with Crippen LogP contribution in [0.15, 0.2) is 17.3 Å². The Balaban J connectivity index is 2.29. The van der Waals surface area contributed by atoms with Gasteiger partial charge in [-0.25, -0.2) is 9.71 Å². The predicted octanol–water partition coefficient (Wildman–Crippen LogP) is 0.234. The Morgan fingerprint density at radius 3 is 2.50 bits per heavy atom. The van der Waals surface area contributed by atoms with Gasteiger partial charge in [-0.2, -0.15) is 13.5 Å². The smallest absolute Gasteiger partial charge is 0.285 e. The van der Waals surface area contributed by atoms with Gasteiger partial charge in [-0.05, 0) is 24.6 Å². The summed E-state index contributed by atoms with van der Waals surface area (Å²) in [7, 11) is -0.970. The number of rotatable bonds is 3. The standard InChI is InChI=1S/C10H12ClN5O3S/c1-6-4-7(13-16(6)3)9(17)14-20(18,19)8-5-12-10(11)15(8)2/h4-5H,1-3H3,(H,14,17). The third kappa shape index (κ3) is 2.54. The number of halogens is 1. The Morgan fingerprint density at radius 1 is 1.40 bits per heavy atom. The van der Waals surface area contributed by atoms with Gasteiger partial charge in [0.05, 0.1) is 6.20 Å². The van der Waals surface area contributed by atoms with Gasteiger partial charge in [-0.3, -0.25) is 9.48 Å². The molecule has 0 fully saturated rings. The zero-order valence-corrected chi connectivity index (χ0v) is 12.5. The first-order chi connectivity index (χ1) is 9.22. The summed E-state index contributed by atoms with van der Waals surface area (Å²) in [6, 6.07) is 1.49. The van der Waals surface area contributed by atoms with E-state index in [1.165, 1.54) is 17.8 Å². The van der Waals surface area contributed by atoms with E-state index in [2.05, 4.69) is 10.1 Å². The minimum absolute atomic E-state index is 0.00602. The molecule has 0 aliphatic rings. The fourth-order valence-corrected chi connectivity index (χ4v) is 2.80. The van der Waals surface area contributed by atoms with E-state index in [9.17, 15) is 13.2 Å². The van der Waals surface area contributed by atoms with E-state index < -0.39 is 15.9 Å². The van der Waals surface area contributed by atoms with E-state index in [1.807, 2.05) is 4.72 Å². The van der Waals surface area contributed by atoms with Gasteiger partial charge in [-0.1, -0.05) is 0 Å². The molecule has 0 saturated heterocycles. The fourth-order valence-electron chi connectivity index (χ4n) is 1.52. The van der Waals surface area contributed by atoms with Crippen molar-refractivity contribution in [2.45, 2.75) is 11.9 Å². The van der Waals surface area contributed by atoms with Crippen LogP contribution in [0, 0.1) is 6.92 Å². The van der Waals surface area contributed by atoms with E-state index >= 15 is 0 Å². The minimum atomic E-state index is -4.05. The van der Waals surface area contributed by atoms with Crippen LogP contribution in [0.1, 0.15) is 16.2 Å². The lowest BCUT2D eigenvalue weighted by Crippen LogP contribution is -2.32. The third-order valence-corrected chi connectivity index (χ3v) is 4.47. The lowest BCUT2D eigenvalue weighted by Gasteiger charge is -2.05. The SMILES string of the molecule is Cc1cc(C(=O)NS(=O)(=O)c2cnc(Cl)n2C)nn1C. The second-order valence-corrected chi connectivity index (χ2v) is 6.12. The molecule has 8 nitrogen and oxygen atoms in total. The molecule has 2 aromatic heterocycles. The van der Waals surface area contributed by atoms with E-state index in [1.54, 1.807) is 14.0 Å². The Kier molecular flexibility index (Phi) is 3.57. The summed E-state index contributed by atoms with van der Waals surface area (Å²) >= 11 is 5.67. The molecule has 108 valence electrons. The molecule has 0 radical (unpaired) electrons. The maximum absolute atomic E-state index is 12.1. The summed E-state index contributed by atoms with van der Waals surface area (Å²) in [5, 5.41) is 3.71. The first-order valence-corrected chi connectivity index (χ1v) is 7.33. The van der Waals surface area contributed by atoms with Crippen molar-refractivity contribution >= 4 is 27.5 Å². The van der Waals surface area contributed by atoms with Crippen LogP contribution in [-0.4, -0.2) is 33.7 Å². The van der Waals surface area contributed by atoms with Gasteiger partial charge in [0.1, 0.15) is 0 Å². The maximum atomic E-state index is 12.1. The Labute approximate surface area is 120 Å². The summed E-state index contributed by atoms with van der Waals surface area (Å²) in [6.07, 6.45) is 1.07. The van der Waals surface area contributed by atoms with Crippen LogP contribution in [0.5, 0.6) is 0 Å². The summed E-state index contributed by atoms with van der Waals surface area (Å²) in [5.41, 5.74) is 0.748. The monoisotopic (exact) mass is 317 g/mol. The summed E-state index contributed by atoms with van der Waals surface area (Å²) < 4.78 is 28.7. The van der Waals surface area contributed by atoms with Crippen molar-refractivity contribution in [1.29, 1.82) is 0 Å². The largest absolute Gasteiger partial charge is 0.307 e. The zero-order valence-electron chi connectivity index (χ0n) is 11.0. The molecule has 1 amide bonds. The van der Waals surface area contributed by atoms with Gasteiger partial charge < -0.3 is 4.57 Å². The molecule has 0 bridgehead atoms. The van der Waals surface area contributed by atoms with Gasteiger partial charge in [0.15, 0.2) is 10.7 Å². The van der Waals surface area contributed by atoms with Crippen molar-refractivity contribution in [1.82, 2.24) is 24.1 Å². The first kappa shape index (κ1) is 14.5. The average Bonchev–Trinajstić information content (AvgIpc) is 2.84. The molecule has 2 heterocycles. The van der Waals surface area contributed by atoms with Gasteiger partial charge in [0, 0.05) is 19.8 Å². The number of aromatic nitrogens is 4. The summed E-state index contributed by atoms with van der Waals surface area (Å²) in [5.74, 6) is -0.814. The van der Waals surface area contributed by atoms with E-state index in [0.29, 0.717) is 0 Å². The molecule has 0 aliphatic heterocycles. The van der Waals surface area contributed by atoms with E-state index in [4.69, 9.17) is 11.6 Å². The third-order valence-electron chi connectivity index (χ3n) is 2.74. The van der Waals surface area contributed by atoms with Crippen LogP contribution in [0.4, 0.5) is 0 Å². The summed E-state index contributed by atoms with van der Waals surface area (Å²) in [6.45, 7) is 1.75. The highest BCUT2D eigenvalue weighted by atomic mass is 35.5. The second kappa shape index (κ2) is 4.91. The van der Waals surface area contributed by atoms with Crippen LogP contribution in [-0.2, 0) is 24.1 Å². The highest BCUT2D eigenvalue weighted by Gasteiger charge is 2.24. The molecule has 20 heavy (non-hydrogen) atoms. The van der Waals surface area contributed by atoms with E-state index in [-0.39, 0.29) is 16.0 Å². The van der Waals surface area contributed by atoms with Crippen molar-refractivity contribution in [2.24, 2.45) is 14.1 Å². The number of aryl methyl sites for hydroxylation is 2. The van der Waals surface area contributed by atoms with Crippen molar-refractivity contribution in [3.05, 3.63) is 28.9 Å². The van der Waals surface area contributed by atoms with Crippen molar-refractivity contribution in [3.63, 3.8) is 0 Å². The molecule has 0 saturated carbocycles. The first-order valence-electron chi connectivity index (χ1n) is 5.47. The molecule has 2 rings (SSSR count). The van der Waals surface area contributed by atoms with Crippen LogP contribution in [0.2, 0.25) is 5.28 Å². The lowest BCUT2D eigenvalue weighted by atomic mass is 10.4. The molecule has 1 N–H and O–H groups in total. The molecule has 0 aromatic carbocycles. The number of imidazole rings is 1. The van der Waals surface area contributed by atoms with Crippen LogP contribution < -0.4 is 4.72 Å². The number of amides is 1. The topological polar surface area (TPSA) is 98.9 Å². The highest BCUT2D eigenvalue weighted by Crippen LogP contribution is 2.14. The molecule has 0 aliphatic carbocycles. The zero-order chi connectivity index (χ0) is 15.1. The number of hydrogen-bond donors (Lipinski definition) is 1. The van der Waals surface area contributed by atoms with Crippen molar-refractivity contribution in [2.75, 3.05) is 0 Å². The Hall–Kier alpha value is -1.87. The second-order valence-electron chi connectivity index (χ2n) is 4.15. The average molecular weight is 318 g/mol. The molecule has 0 spiro atoms. The number of hydrogen-bond acceptors (Lipinski definition) is 5. The van der Waals surface area contributed by atoms with Crippen LogP contribution >= 0.6 is 11.6 Å². The number of nitrogens with one attached hydrogen (secondary N) is 1.